The first-order valence-electron chi connectivity index (χ1n) is 9.65. The standard InChI is InChI=1S/C25H15NO2STe/c27-23-17-11-12-29-25(17)24(28)18(23)14-15-9-10-16(13-15)26-19-5-1-3-7-21(19)30-22-8-4-2-6-20(22)26/h1-12,14H,13H2/b18-14+. The van der Waals surface area contributed by atoms with Crippen molar-refractivity contribution < 1.29 is 9.59 Å². The summed E-state index contributed by atoms with van der Waals surface area (Å²) in [6.07, 6.45) is 6.63. The molecule has 3 aliphatic rings. The SMILES string of the molecule is O=C1/C(=C\C2=CC=C(N3c4ccccc4[Te]c4ccccc43)C2)C(=O)c2sccc21. The minimum absolute atomic E-state index is 0.140. The summed E-state index contributed by atoms with van der Waals surface area (Å²) in [7, 11) is 0. The monoisotopic (exact) mass is 523 g/mol. The third-order valence-corrected chi connectivity index (χ3v) is 9.67. The molecule has 3 aromatic rings. The Kier molecular flexibility index (Phi) is 4.17. The van der Waals surface area contributed by atoms with Gasteiger partial charge in [-0.2, -0.15) is 0 Å². The summed E-state index contributed by atoms with van der Waals surface area (Å²) in [6.45, 7) is 0. The number of hydrogen-bond acceptors (Lipinski definition) is 4. The quantitative estimate of drug-likeness (QED) is 0.290. The van der Waals surface area contributed by atoms with Gasteiger partial charge in [0, 0.05) is 0 Å². The third kappa shape index (κ3) is 2.70. The number of thiophene rings is 1. The fourth-order valence-corrected chi connectivity index (χ4v) is 8.01. The molecule has 2 aliphatic carbocycles. The van der Waals surface area contributed by atoms with Crippen molar-refractivity contribution in [1.29, 1.82) is 0 Å². The van der Waals surface area contributed by atoms with Crippen LogP contribution in [0.2, 0.25) is 0 Å². The van der Waals surface area contributed by atoms with E-state index in [-0.39, 0.29) is 11.6 Å². The molecule has 0 N–H and O–H groups in total. The molecule has 5 heteroatoms. The molecule has 0 unspecified atom stereocenters. The number of anilines is 2. The van der Waals surface area contributed by atoms with Crippen LogP contribution in [0.3, 0.4) is 0 Å². The van der Waals surface area contributed by atoms with Crippen molar-refractivity contribution in [3.05, 3.63) is 105 Å². The zero-order valence-corrected chi connectivity index (χ0v) is 18.9. The second kappa shape index (κ2) is 6.92. The Hall–Kier alpha value is -2.71. The van der Waals surface area contributed by atoms with E-state index in [2.05, 4.69) is 59.5 Å². The molecule has 0 amide bonds. The summed E-state index contributed by atoms with van der Waals surface area (Å²) in [4.78, 5) is 28.2. The first-order valence-corrected chi connectivity index (χ1v) is 12.9. The van der Waals surface area contributed by atoms with Gasteiger partial charge in [-0.3, -0.25) is 0 Å². The predicted molar refractivity (Wildman–Crippen MR) is 122 cm³/mol. The number of Topliss-reactive ketones (excluding diaryl/α,β-unsaturated/α-hetero) is 2. The number of allylic oxidation sites excluding steroid dienone is 5. The van der Waals surface area contributed by atoms with Crippen LogP contribution >= 0.6 is 11.3 Å². The van der Waals surface area contributed by atoms with Gasteiger partial charge >= 0.3 is 189 Å². The summed E-state index contributed by atoms with van der Waals surface area (Å²) >= 11 is 0.929. The van der Waals surface area contributed by atoms with E-state index in [1.165, 1.54) is 35.6 Å². The normalized spacial score (nSPS) is 18.3. The average Bonchev–Trinajstić information content (AvgIpc) is 3.48. The van der Waals surface area contributed by atoms with Crippen molar-refractivity contribution in [3.8, 4) is 0 Å². The van der Waals surface area contributed by atoms with Crippen LogP contribution in [-0.2, 0) is 0 Å². The van der Waals surface area contributed by atoms with Gasteiger partial charge < -0.3 is 0 Å². The molecule has 0 radical (unpaired) electrons. The molecule has 0 atom stereocenters. The van der Waals surface area contributed by atoms with Gasteiger partial charge in [0.05, 0.1) is 0 Å². The van der Waals surface area contributed by atoms with E-state index < -0.39 is 20.9 Å². The number of ketones is 2. The van der Waals surface area contributed by atoms with Crippen LogP contribution in [0.25, 0.3) is 0 Å². The summed E-state index contributed by atoms with van der Waals surface area (Å²) in [5, 5.41) is 1.81. The Morgan fingerprint density at radius 2 is 1.57 bits per heavy atom. The van der Waals surface area contributed by atoms with Crippen molar-refractivity contribution in [2.75, 3.05) is 4.90 Å². The number of fused-ring (bicyclic) bond motifs is 3. The second-order valence-electron chi connectivity index (χ2n) is 7.33. The van der Waals surface area contributed by atoms with Crippen LogP contribution in [0, 0.1) is 0 Å². The van der Waals surface area contributed by atoms with E-state index >= 15 is 0 Å². The van der Waals surface area contributed by atoms with Crippen LogP contribution in [0.1, 0.15) is 26.5 Å². The Morgan fingerprint density at radius 1 is 0.867 bits per heavy atom. The number of para-hydroxylation sites is 2. The Labute approximate surface area is 188 Å². The van der Waals surface area contributed by atoms with Gasteiger partial charge in [-0.05, 0) is 0 Å². The molecule has 0 bridgehead atoms. The predicted octanol–water partition coefficient (Wildman–Crippen LogP) is 4.07. The topological polar surface area (TPSA) is 37.4 Å². The van der Waals surface area contributed by atoms with E-state index in [1.807, 2.05) is 6.08 Å². The van der Waals surface area contributed by atoms with E-state index in [1.54, 1.807) is 17.5 Å². The Morgan fingerprint density at radius 3 is 2.27 bits per heavy atom. The third-order valence-electron chi connectivity index (χ3n) is 5.53. The fourth-order valence-electron chi connectivity index (χ4n) is 4.15. The molecule has 3 nitrogen and oxygen atoms in total. The van der Waals surface area contributed by atoms with Gasteiger partial charge in [0.25, 0.3) is 0 Å². The van der Waals surface area contributed by atoms with Gasteiger partial charge in [0.15, 0.2) is 0 Å². The van der Waals surface area contributed by atoms with Gasteiger partial charge in [0.2, 0.25) is 0 Å². The van der Waals surface area contributed by atoms with Crippen molar-refractivity contribution >= 4 is 62.4 Å². The maximum atomic E-state index is 12.6. The number of hydrogen-bond donors (Lipinski definition) is 0. The first-order chi connectivity index (χ1) is 14.7. The molecule has 0 fully saturated rings. The van der Waals surface area contributed by atoms with Crippen molar-refractivity contribution in [1.82, 2.24) is 0 Å². The van der Waals surface area contributed by atoms with Crippen molar-refractivity contribution in [3.63, 3.8) is 0 Å². The number of benzene rings is 2. The number of carbonyl (C=O) groups is 2. The summed E-state index contributed by atoms with van der Waals surface area (Å²) in [5.41, 5.74) is 5.51. The molecular formula is C25H15NO2STe. The van der Waals surface area contributed by atoms with E-state index in [9.17, 15) is 9.59 Å². The molecule has 2 aromatic carbocycles. The summed E-state index contributed by atoms with van der Waals surface area (Å²) in [6, 6.07) is 19.0. The van der Waals surface area contributed by atoms with Crippen LogP contribution in [0.5, 0.6) is 0 Å². The Balaban J connectivity index is 1.33. The van der Waals surface area contributed by atoms with Gasteiger partial charge in [-0.25, -0.2) is 0 Å². The first kappa shape index (κ1) is 18.1. The van der Waals surface area contributed by atoms with Gasteiger partial charge in [0.1, 0.15) is 0 Å². The molecule has 0 saturated carbocycles. The maximum absolute atomic E-state index is 12.6. The van der Waals surface area contributed by atoms with Crippen LogP contribution < -0.4 is 12.1 Å². The van der Waals surface area contributed by atoms with Crippen LogP contribution in [0.4, 0.5) is 11.4 Å². The Bertz CT molecular complexity index is 1270. The van der Waals surface area contributed by atoms with Crippen LogP contribution in [-0.4, -0.2) is 32.5 Å². The number of nitrogens with zero attached hydrogens (tertiary/aromatic N) is 1. The van der Waals surface area contributed by atoms with E-state index in [0.717, 1.165) is 5.57 Å². The summed E-state index contributed by atoms with van der Waals surface area (Å²) < 4.78 is 2.86. The van der Waals surface area contributed by atoms with Crippen LogP contribution in [0.15, 0.2) is 95.0 Å². The van der Waals surface area contributed by atoms with Gasteiger partial charge in [-0.1, -0.05) is 0 Å². The molecule has 144 valence electrons. The zero-order valence-electron chi connectivity index (χ0n) is 15.8. The molecule has 2 heterocycles. The number of carbonyl (C=O) groups excluding carboxylic acids is 2. The minimum atomic E-state index is -0.416. The average molecular weight is 521 g/mol. The van der Waals surface area contributed by atoms with Gasteiger partial charge in [-0.15, -0.1) is 0 Å². The van der Waals surface area contributed by atoms with Crippen molar-refractivity contribution in [2.45, 2.75) is 6.42 Å². The van der Waals surface area contributed by atoms with E-state index in [4.69, 9.17) is 0 Å². The second-order valence-corrected chi connectivity index (χ2v) is 11.3. The molecule has 30 heavy (non-hydrogen) atoms. The van der Waals surface area contributed by atoms with Crippen molar-refractivity contribution in [2.24, 2.45) is 0 Å². The molecular weight excluding hydrogens is 506 g/mol. The molecule has 6 rings (SSSR count). The molecule has 0 saturated heterocycles. The molecule has 1 aromatic heterocycles. The zero-order chi connectivity index (χ0) is 20.2. The van der Waals surface area contributed by atoms with E-state index in [0.29, 0.717) is 22.4 Å². The molecule has 1 aliphatic heterocycles. The number of rotatable bonds is 2. The molecule has 0 spiro atoms. The fraction of sp³-hybridized carbons (Fsp3) is 0.0400. The summed E-state index contributed by atoms with van der Waals surface area (Å²) in [5.74, 6) is -0.288.